The van der Waals surface area contributed by atoms with Crippen LogP contribution in [0.2, 0.25) is 0 Å². The van der Waals surface area contributed by atoms with Gasteiger partial charge in [-0.15, -0.1) is 0 Å². The molecule has 132 valence electrons. The number of ether oxygens (including phenoxy) is 2. The quantitative estimate of drug-likeness (QED) is 0.900. The van der Waals surface area contributed by atoms with Crippen molar-refractivity contribution in [1.82, 2.24) is 10.3 Å². The molecule has 0 spiro atoms. The Bertz CT molecular complexity index is 549. The minimum Gasteiger partial charge on any atom is -0.381 e. The van der Waals surface area contributed by atoms with Crippen molar-refractivity contribution in [2.75, 3.05) is 19.8 Å². The maximum atomic E-state index is 12.3. The fourth-order valence-corrected chi connectivity index (χ4v) is 3.41. The molecule has 0 aromatic carbocycles. The third kappa shape index (κ3) is 4.14. The zero-order valence-corrected chi connectivity index (χ0v) is 14.7. The van der Waals surface area contributed by atoms with E-state index in [-0.39, 0.29) is 24.0 Å². The van der Waals surface area contributed by atoms with E-state index in [9.17, 15) is 4.79 Å². The van der Waals surface area contributed by atoms with Crippen LogP contribution in [0.1, 0.15) is 62.9 Å². The van der Waals surface area contributed by atoms with Crippen LogP contribution in [-0.2, 0) is 14.3 Å². The lowest BCUT2D eigenvalue weighted by atomic mass is 9.95. The van der Waals surface area contributed by atoms with Gasteiger partial charge < -0.3 is 14.8 Å². The first-order valence-electron chi connectivity index (χ1n) is 9.11. The largest absolute Gasteiger partial charge is 0.381 e. The van der Waals surface area contributed by atoms with Crippen molar-refractivity contribution in [3.05, 3.63) is 29.6 Å². The molecule has 1 aromatic heterocycles. The van der Waals surface area contributed by atoms with Crippen LogP contribution in [0.15, 0.2) is 18.2 Å². The highest BCUT2D eigenvalue weighted by molar-refractivity contribution is 5.78. The molecule has 24 heavy (non-hydrogen) atoms. The van der Waals surface area contributed by atoms with Gasteiger partial charge in [0.2, 0.25) is 5.91 Å². The number of nitrogens with zero attached hydrogens (tertiary/aromatic N) is 1. The molecule has 0 radical (unpaired) electrons. The molecule has 0 saturated carbocycles. The van der Waals surface area contributed by atoms with Gasteiger partial charge in [0.15, 0.2) is 0 Å². The zero-order valence-electron chi connectivity index (χ0n) is 14.7. The van der Waals surface area contributed by atoms with Crippen molar-refractivity contribution in [1.29, 1.82) is 0 Å². The fourth-order valence-electron chi connectivity index (χ4n) is 3.41. The number of rotatable bonds is 5. The minimum atomic E-state index is -0.165. The van der Waals surface area contributed by atoms with E-state index < -0.39 is 0 Å². The molecule has 0 aliphatic carbocycles. The van der Waals surface area contributed by atoms with Crippen LogP contribution < -0.4 is 5.32 Å². The normalized spacial score (nSPS) is 23.4. The van der Waals surface area contributed by atoms with E-state index in [4.69, 9.17) is 14.5 Å². The zero-order chi connectivity index (χ0) is 16.9. The van der Waals surface area contributed by atoms with Crippen LogP contribution >= 0.6 is 0 Å². The molecule has 2 aliphatic heterocycles. The lowest BCUT2D eigenvalue weighted by Crippen LogP contribution is -2.38. The number of pyridine rings is 1. The first-order chi connectivity index (χ1) is 11.6. The molecule has 5 nitrogen and oxygen atoms in total. The predicted molar refractivity (Wildman–Crippen MR) is 91.7 cm³/mol. The summed E-state index contributed by atoms with van der Waals surface area (Å²) in [6.45, 7) is 6.19. The first kappa shape index (κ1) is 17.4. The van der Waals surface area contributed by atoms with Gasteiger partial charge in [-0.05, 0) is 37.8 Å². The molecule has 1 aromatic rings. The first-order valence-corrected chi connectivity index (χ1v) is 9.11. The van der Waals surface area contributed by atoms with E-state index in [1.165, 1.54) is 0 Å². The standard InChI is InChI=1S/C19H28N2O3/c1-13(2)19(22)21-18(17-7-4-10-24-17)16-6-3-5-15(20-16)14-8-11-23-12-9-14/h3,5-6,13-14,17-18H,4,7-12H2,1-2H3,(H,21,22). The van der Waals surface area contributed by atoms with Crippen molar-refractivity contribution in [2.24, 2.45) is 5.92 Å². The molecule has 2 saturated heterocycles. The Hall–Kier alpha value is -1.46. The van der Waals surface area contributed by atoms with E-state index >= 15 is 0 Å². The van der Waals surface area contributed by atoms with E-state index in [1.807, 2.05) is 19.9 Å². The molecule has 2 unspecified atom stereocenters. The lowest BCUT2D eigenvalue weighted by Gasteiger charge is -2.27. The summed E-state index contributed by atoms with van der Waals surface area (Å²) >= 11 is 0. The number of aromatic nitrogens is 1. The molecule has 1 N–H and O–H groups in total. The van der Waals surface area contributed by atoms with Gasteiger partial charge in [0, 0.05) is 37.4 Å². The van der Waals surface area contributed by atoms with Crippen molar-refractivity contribution < 1.29 is 14.3 Å². The highest BCUT2D eigenvalue weighted by atomic mass is 16.5. The van der Waals surface area contributed by atoms with Crippen LogP contribution in [0.5, 0.6) is 0 Å². The predicted octanol–water partition coefficient (Wildman–Crippen LogP) is 2.97. The molecular weight excluding hydrogens is 304 g/mol. The summed E-state index contributed by atoms with van der Waals surface area (Å²) in [5, 5.41) is 3.15. The Morgan fingerprint density at radius 1 is 1.21 bits per heavy atom. The second-order valence-corrected chi connectivity index (χ2v) is 7.07. The van der Waals surface area contributed by atoms with Gasteiger partial charge in [0.25, 0.3) is 0 Å². The monoisotopic (exact) mass is 332 g/mol. The Labute approximate surface area is 144 Å². The topological polar surface area (TPSA) is 60.5 Å². The Balaban J connectivity index is 1.81. The number of amides is 1. The third-order valence-corrected chi connectivity index (χ3v) is 4.91. The Kier molecular flexibility index (Phi) is 5.85. The van der Waals surface area contributed by atoms with Crippen molar-refractivity contribution in [3.63, 3.8) is 0 Å². The number of hydrogen-bond donors (Lipinski definition) is 1. The number of hydrogen-bond acceptors (Lipinski definition) is 4. The smallest absolute Gasteiger partial charge is 0.223 e. The SMILES string of the molecule is CC(C)C(=O)NC(c1cccc(C2CCOCC2)n1)C1CCCO1. The van der Waals surface area contributed by atoms with Gasteiger partial charge in [-0.2, -0.15) is 0 Å². The van der Waals surface area contributed by atoms with Crippen molar-refractivity contribution in [2.45, 2.75) is 57.6 Å². The van der Waals surface area contributed by atoms with E-state index in [0.29, 0.717) is 5.92 Å². The molecule has 3 rings (SSSR count). The second-order valence-electron chi connectivity index (χ2n) is 7.07. The van der Waals surface area contributed by atoms with Gasteiger partial charge in [0.1, 0.15) is 0 Å². The summed E-state index contributed by atoms with van der Waals surface area (Å²) in [7, 11) is 0. The van der Waals surface area contributed by atoms with Gasteiger partial charge in [-0.3, -0.25) is 9.78 Å². The van der Waals surface area contributed by atoms with Gasteiger partial charge in [0.05, 0.1) is 17.8 Å². The summed E-state index contributed by atoms with van der Waals surface area (Å²) in [6.07, 6.45) is 4.05. The average molecular weight is 332 g/mol. The van der Waals surface area contributed by atoms with Crippen LogP contribution in [-0.4, -0.2) is 36.8 Å². The van der Waals surface area contributed by atoms with E-state index in [1.54, 1.807) is 0 Å². The van der Waals surface area contributed by atoms with Crippen LogP contribution in [0, 0.1) is 5.92 Å². The molecule has 2 fully saturated rings. The van der Waals surface area contributed by atoms with Crippen LogP contribution in [0.3, 0.4) is 0 Å². The van der Waals surface area contributed by atoms with Gasteiger partial charge in [-0.1, -0.05) is 19.9 Å². The van der Waals surface area contributed by atoms with E-state index in [0.717, 1.165) is 56.9 Å². The van der Waals surface area contributed by atoms with Crippen LogP contribution in [0.4, 0.5) is 0 Å². The molecule has 3 heterocycles. The van der Waals surface area contributed by atoms with E-state index in [2.05, 4.69) is 17.4 Å². The van der Waals surface area contributed by atoms with Gasteiger partial charge in [-0.25, -0.2) is 0 Å². The van der Waals surface area contributed by atoms with Crippen molar-refractivity contribution >= 4 is 5.91 Å². The maximum absolute atomic E-state index is 12.3. The third-order valence-electron chi connectivity index (χ3n) is 4.91. The fraction of sp³-hybridized carbons (Fsp3) is 0.684. The lowest BCUT2D eigenvalue weighted by molar-refractivity contribution is -0.125. The Morgan fingerprint density at radius 3 is 2.67 bits per heavy atom. The maximum Gasteiger partial charge on any atom is 0.223 e. The number of carbonyl (C=O) groups excluding carboxylic acids is 1. The van der Waals surface area contributed by atoms with Crippen molar-refractivity contribution in [3.8, 4) is 0 Å². The highest BCUT2D eigenvalue weighted by Gasteiger charge is 2.31. The Morgan fingerprint density at radius 2 is 2.00 bits per heavy atom. The summed E-state index contributed by atoms with van der Waals surface area (Å²) < 4.78 is 11.3. The molecule has 0 bridgehead atoms. The molecule has 2 aliphatic rings. The highest BCUT2D eigenvalue weighted by Crippen LogP contribution is 2.30. The molecule has 5 heteroatoms. The summed E-state index contributed by atoms with van der Waals surface area (Å²) in [5.41, 5.74) is 2.03. The summed E-state index contributed by atoms with van der Waals surface area (Å²) in [6, 6.07) is 5.99. The number of nitrogens with one attached hydrogen (secondary N) is 1. The summed E-state index contributed by atoms with van der Waals surface area (Å²) in [4.78, 5) is 17.2. The molecule has 2 atom stereocenters. The average Bonchev–Trinajstić information content (AvgIpc) is 3.14. The number of carbonyl (C=O) groups is 1. The molecular formula is C19H28N2O3. The second kappa shape index (κ2) is 8.08. The molecule has 1 amide bonds. The van der Waals surface area contributed by atoms with Crippen LogP contribution in [0.25, 0.3) is 0 Å². The summed E-state index contributed by atoms with van der Waals surface area (Å²) in [5.74, 6) is 0.450. The van der Waals surface area contributed by atoms with Gasteiger partial charge >= 0.3 is 0 Å². The minimum absolute atomic E-state index is 0.0186.